The summed E-state index contributed by atoms with van der Waals surface area (Å²) in [6.45, 7) is 0.847. The Balaban J connectivity index is 2.44. The van der Waals surface area contributed by atoms with Gasteiger partial charge in [-0.3, -0.25) is 9.59 Å². The van der Waals surface area contributed by atoms with Crippen LogP contribution in [0.25, 0.3) is 0 Å². The summed E-state index contributed by atoms with van der Waals surface area (Å²) in [5.74, 6) is -0.108. The van der Waals surface area contributed by atoms with Crippen molar-refractivity contribution >= 4 is 27.7 Å². The highest BCUT2D eigenvalue weighted by Crippen LogP contribution is 2.17. The predicted molar refractivity (Wildman–Crippen MR) is 48.0 cm³/mol. The summed E-state index contributed by atoms with van der Waals surface area (Å²) in [5.41, 5.74) is 0. The van der Waals surface area contributed by atoms with E-state index >= 15 is 0 Å². The number of nitrogens with one attached hydrogen (secondary N) is 1. The highest BCUT2D eigenvalue weighted by atomic mass is 79.9. The van der Waals surface area contributed by atoms with E-state index in [1.165, 1.54) is 0 Å². The molecule has 0 radical (unpaired) electrons. The zero-order valence-corrected chi connectivity index (χ0v) is 8.43. The maximum atomic E-state index is 11.3. The van der Waals surface area contributed by atoms with Crippen molar-refractivity contribution in [2.24, 2.45) is 0 Å². The van der Waals surface area contributed by atoms with Gasteiger partial charge in [-0.25, -0.2) is 0 Å². The predicted octanol–water partition coefficient (Wildman–Crippen LogP) is -0.272. The fraction of sp³-hybridized carbons (Fsp3) is 0.714. The summed E-state index contributed by atoms with van der Waals surface area (Å²) < 4.78 is 0. The number of likely N-dealkylation sites (N-methyl/N-ethyl adjacent to an activating group) is 1. The highest BCUT2D eigenvalue weighted by molar-refractivity contribution is 9.10. The molecule has 0 saturated carbocycles. The second-order valence-corrected chi connectivity index (χ2v) is 3.79. The van der Waals surface area contributed by atoms with Crippen molar-refractivity contribution in [1.29, 1.82) is 0 Å². The minimum absolute atomic E-state index is 0.0126. The van der Waals surface area contributed by atoms with Gasteiger partial charge in [-0.1, -0.05) is 15.9 Å². The Labute approximate surface area is 79.4 Å². The first-order valence-corrected chi connectivity index (χ1v) is 4.70. The first-order valence-electron chi connectivity index (χ1n) is 3.78. The third-order valence-corrected chi connectivity index (χ3v) is 2.69. The molecule has 1 aliphatic rings. The number of rotatable bonds is 2. The number of likely N-dealkylation sites (tertiary alicyclic amines) is 1. The molecule has 1 heterocycles. The van der Waals surface area contributed by atoms with Crippen molar-refractivity contribution in [2.75, 3.05) is 20.1 Å². The Hall–Kier alpha value is -0.580. The Morgan fingerprint density at radius 1 is 1.83 bits per heavy atom. The van der Waals surface area contributed by atoms with Crippen LogP contribution in [-0.2, 0) is 9.59 Å². The molecule has 5 heteroatoms. The van der Waals surface area contributed by atoms with Gasteiger partial charge in [-0.05, 0) is 6.42 Å². The molecule has 0 aromatic rings. The summed E-state index contributed by atoms with van der Waals surface area (Å²) in [4.78, 5) is 23.6. The van der Waals surface area contributed by atoms with Gasteiger partial charge in [0.1, 0.15) is 0 Å². The van der Waals surface area contributed by atoms with Gasteiger partial charge in [-0.15, -0.1) is 0 Å². The minimum atomic E-state index is -0.120. The number of amides is 2. The molecule has 1 unspecified atom stereocenters. The monoisotopic (exact) mass is 234 g/mol. The Bertz CT molecular complexity index is 208. The molecule has 0 aliphatic carbocycles. The van der Waals surface area contributed by atoms with Gasteiger partial charge in [0.05, 0.1) is 11.4 Å². The average molecular weight is 235 g/mol. The standard InChI is InChI=1S/C7H11BrN2O2/c1-9-6(11)4-10-3-2-5(8)7(10)12/h5H,2-4H2,1H3,(H,9,11). The lowest BCUT2D eigenvalue weighted by Crippen LogP contribution is -2.37. The van der Waals surface area contributed by atoms with Gasteiger partial charge in [0.25, 0.3) is 0 Å². The molecule has 0 bridgehead atoms. The van der Waals surface area contributed by atoms with Crippen LogP contribution in [0, 0.1) is 0 Å². The number of alkyl halides is 1. The second-order valence-electron chi connectivity index (χ2n) is 2.69. The van der Waals surface area contributed by atoms with Crippen LogP contribution in [0.2, 0.25) is 0 Å². The molecule has 1 rings (SSSR count). The van der Waals surface area contributed by atoms with E-state index in [0.29, 0.717) is 6.54 Å². The van der Waals surface area contributed by atoms with Crippen molar-refractivity contribution in [3.63, 3.8) is 0 Å². The summed E-state index contributed by atoms with van der Waals surface area (Å²) in [7, 11) is 1.56. The zero-order chi connectivity index (χ0) is 9.14. The molecule has 0 aromatic heterocycles. The normalized spacial score (nSPS) is 23.0. The van der Waals surface area contributed by atoms with Gasteiger partial charge in [0, 0.05) is 13.6 Å². The molecule has 1 atom stereocenters. The number of hydrogen-bond acceptors (Lipinski definition) is 2. The van der Waals surface area contributed by atoms with E-state index in [-0.39, 0.29) is 23.2 Å². The number of carbonyl (C=O) groups excluding carboxylic acids is 2. The maximum Gasteiger partial charge on any atom is 0.239 e. The zero-order valence-electron chi connectivity index (χ0n) is 6.84. The van der Waals surface area contributed by atoms with E-state index in [0.717, 1.165) is 6.42 Å². The molecule has 1 saturated heterocycles. The second kappa shape index (κ2) is 3.89. The van der Waals surface area contributed by atoms with E-state index in [1.54, 1.807) is 11.9 Å². The fourth-order valence-corrected chi connectivity index (χ4v) is 1.60. The highest BCUT2D eigenvalue weighted by Gasteiger charge is 2.30. The SMILES string of the molecule is CNC(=O)CN1CCC(Br)C1=O. The summed E-state index contributed by atoms with van der Waals surface area (Å²) in [6, 6.07) is 0. The van der Waals surface area contributed by atoms with E-state index in [1.807, 2.05) is 0 Å². The first-order chi connectivity index (χ1) is 5.65. The third kappa shape index (κ3) is 1.97. The molecule has 68 valence electrons. The Kier molecular flexibility index (Phi) is 3.08. The topological polar surface area (TPSA) is 49.4 Å². The van der Waals surface area contributed by atoms with E-state index in [4.69, 9.17) is 0 Å². The van der Waals surface area contributed by atoms with Crippen molar-refractivity contribution in [1.82, 2.24) is 10.2 Å². The van der Waals surface area contributed by atoms with Crippen LogP contribution in [0.4, 0.5) is 0 Å². The first kappa shape index (κ1) is 9.51. The van der Waals surface area contributed by atoms with E-state index < -0.39 is 0 Å². The molecule has 2 amide bonds. The fourth-order valence-electron chi connectivity index (χ4n) is 1.11. The summed E-state index contributed by atoms with van der Waals surface area (Å²) in [5, 5.41) is 2.48. The molecule has 0 spiro atoms. The van der Waals surface area contributed by atoms with Crippen LogP contribution in [0.3, 0.4) is 0 Å². The quantitative estimate of drug-likeness (QED) is 0.669. The molecular weight excluding hydrogens is 224 g/mol. The van der Waals surface area contributed by atoms with Crippen molar-refractivity contribution in [2.45, 2.75) is 11.2 Å². The van der Waals surface area contributed by atoms with Crippen molar-refractivity contribution in [3.8, 4) is 0 Å². The number of nitrogens with zero attached hydrogens (tertiary/aromatic N) is 1. The van der Waals surface area contributed by atoms with Crippen molar-refractivity contribution in [3.05, 3.63) is 0 Å². The molecule has 1 aliphatic heterocycles. The lowest BCUT2D eigenvalue weighted by atomic mass is 10.4. The van der Waals surface area contributed by atoms with Gasteiger partial charge < -0.3 is 10.2 Å². The molecule has 1 fully saturated rings. The van der Waals surface area contributed by atoms with Crippen LogP contribution in [0.5, 0.6) is 0 Å². The lowest BCUT2D eigenvalue weighted by Gasteiger charge is -2.13. The minimum Gasteiger partial charge on any atom is -0.358 e. The third-order valence-electron chi connectivity index (χ3n) is 1.85. The molecule has 4 nitrogen and oxygen atoms in total. The molecule has 1 N–H and O–H groups in total. The van der Waals surface area contributed by atoms with Gasteiger partial charge in [0.2, 0.25) is 11.8 Å². The lowest BCUT2D eigenvalue weighted by molar-refractivity contribution is -0.132. The van der Waals surface area contributed by atoms with Crippen LogP contribution in [0.15, 0.2) is 0 Å². The number of hydrogen-bond donors (Lipinski definition) is 1. The summed E-state index contributed by atoms with van der Waals surface area (Å²) >= 11 is 3.23. The van der Waals surface area contributed by atoms with Crippen LogP contribution in [0.1, 0.15) is 6.42 Å². The van der Waals surface area contributed by atoms with Gasteiger partial charge in [-0.2, -0.15) is 0 Å². The van der Waals surface area contributed by atoms with Gasteiger partial charge >= 0.3 is 0 Å². The van der Waals surface area contributed by atoms with E-state index in [9.17, 15) is 9.59 Å². The number of halogens is 1. The number of carbonyl (C=O) groups is 2. The van der Waals surface area contributed by atoms with Gasteiger partial charge in [0.15, 0.2) is 0 Å². The maximum absolute atomic E-state index is 11.3. The Morgan fingerprint density at radius 2 is 2.50 bits per heavy atom. The Morgan fingerprint density at radius 3 is 2.92 bits per heavy atom. The molecular formula is C7H11BrN2O2. The van der Waals surface area contributed by atoms with Crippen molar-refractivity contribution < 1.29 is 9.59 Å². The molecule has 0 aromatic carbocycles. The largest absolute Gasteiger partial charge is 0.358 e. The van der Waals surface area contributed by atoms with E-state index in [2.05, 4.69) is 21.2 Å². The molecule has 12 heavy (non-hydrogen) atoms. The summed E-state index contributed by atoms with van der Waals surface area (Å²) in [6.07, 6.45) is 0.788. The average Bonchev–Trinajstić information content (AvgIpc) is 2.36. The van der Waals surface area contributed by atoms with Crippen LogP contribution in [-0.4, -0.2) is 41.7 Å². The van der Waals surface area contributed by atoms with Crippen LogP contribution < -0.4 is 5.32 Å². The van der Waals surface area contributed by atoms with Crippen LogP contribution >= 0.6 is 15.9 Å². The smallest absolute Gasteiger partial charge is 0.239 e.